The third kappa shape index (κ3) is 3.40. The van der Waals surface area contributed by atoms with Gasteiger partial charge in [-0.1, -0.05) is 31.2 Å². The lowest BCUT2D eigenvalue weighted by Gasteiger charge is -2.37. The number of piperazine rings is 1. The second kappa shape index (κ2) is 8.10. The molecule has 6 nitrogen and oxygen atoms in total. The highest BCUT2D eigenvalue weighted by molar-refractivity contribution is 7.12. The molecule has 3 aromatic rings. The Morgan fingerprint density at radius 1 is 1.14 bits per heavy atom. The van der Waals surface area contributed by atoms with E-state index >= 15 is 0 Å². The summed E-state index contributed by atoms with van der Waals surface area (Å²) in [5.41, 5.74) is 1.50. The molecular weight excluding hydrogens is 384 g/mol. The van der Waals surface area contributed by atoms with Gasteiger partial charge in [-0.2, -0.15) is 5.26 Å². The van der Waals surface area contributed by atoms with Crippen LogP contribution in [0.1, 0.15) is 28.6 Å². The van der Waals surface area contributed by atoms with Crippen LogP contribution < -0.4 is 10.5 Å². The number of aryl methyl sites for hydroxylation is 1. The standard InChI is InChI=1S/C22H22N4O2S/c1-2-9-26-18-7-4-3-6-16(18)20(17(15-23)21(26)27)24-10-12-25(13-11-24)22(28)19-8-5-14-29-19/h3-8,14H,2,9-13H2,1H3. The molecule has 7 heteroatoms. The molecule has 1 aliphatic rings. The largest absolute Gasteiger partial charge is 0.366 e. The van der Waals surface area contributed by atoms with Crippen molar-refractivity contribution in [2.24, 2.45) is 0 Å². The summed E-state index contributed by atoms with van der Waals surface area (Å²) in [5.74, 6) is 0.0448. The molecule has 1 fully saturated rings. The van der Waals surface area contributed by atoms with E-state index in [4.69, 9.17) is 0 Å². The van der Waals surface area contributed by atoms with Crippen molar-refractivity contribution < 1.29 is 4.79 Å². The molecule has 0 atom stereocenters. The van der Waals surface area contributed by atoms with Gasteiger partial charge < -0.3 is 14.4 Å². The van der Waals surface area contributed by atoms with Crippen molar-refractivity contribution in [3.8, 4) is 6.07 Å². The van der Waals surface area contributed by atoms with Gasteiger partial charge in [0.15, 0.2) is 0 Å². The van der Waals surface area contributed by atoms with Crippen molar-refractivity contribution in [1.82, 2.24) is 9.47 Å². The van der Waals surface area contributed by atoms with Crippen LogP contribution in [0.25, 0.3) is 10.9 Å². The zero-order chi connectivity index (χ0) is 20.4. The number of carbonyl (C=O) groups is 1. The second-order valence-corrected chi connectivity index (χ2v) is 8.01. The molecule has 2 aromatic heterocycles. The number of para-hydroxylation sites is 1. The predicted molar refractivity (Wildman–Crippen MR) is 116 cm³/mol. The first-order chi connectivity index (χ1) is 14.2. The van der Waals surface area contributed by atoms with E-state index in [-0.39, 0.29) is 17.0 Å². The quantitative estimate of drug-likeness (QED) is 0.667. The highest BCUT2D eigenvalue weighted by Gasteiger charge is 2.27. The fourth-order valence-corrected chi connectivity index (χ4v) is 4.64. The van der Waals surface area contributed by atoms with E-state index in [0.717, 1.165) is 22.2 Å². The maximum atomic E-state index is 13.0. The number of benzene rings is 1. The average Bonchev–Trinajstić information content (AvgIpc) is 3.30. The minimum atomic E-state index is -0.236. The number of nitriles is 1. The normalized spacial score (nSPS) is 14.2. The molecule has 0 unspecified atom stereocenters. The molecule has 0 N–H and O–H groups in total. The molecule has 1 aliphatic heterocycles. The maximum absolute atomic E-state index is 13.0. The fraction of sp³-hybridized carbons (Fsp3) is 0.318. The number of rotatable bonds is 4. The van der Waals surface area contributed by atoms with E-state index in [0.29, 0.717) is 38.4 Å². The summed E-state index contributed by atoms with van der Waals surface area (Å²) in [4.78, 5) is 30.3. The van der Waals surface area contributed by atoms with Gasteiger partial charge in [0.05, 0.1) is 16.1 Å². The van der Waals surface area contributed by atoms with E-state index in [1.54, 1.807) is 4.57 Å². The lowest BCUT2D eigenvalue weighted by atomic mass is 10.1. The number of carbonyl (C=O) groups excluding carboxylic acids is 1. The Kier molecular flexibility index (Phi) is 5.36. The van der Waals surface area contributed by atoms with Crippen molar-refractivity contribution in [1.29, 1.82) is 5.26 Å². The first-order valence-electron chi connectivity index (χ1n) is 9.79. The molecule has 0 aliphatic carbocycles. The molecular formula is C22H22N4O2S. The maximum Gasteiger partial charge on any atom is 0.271 e. The number of fused-ring (bicyclic) bond motifs is 1. The Morgan fingerprint density at radius 3 is 2.55 bits per heavy atom. The summed E-state index contributed by atoms with van der Waals surface area (Å²) in [6.07, 6.45) is 0.817. The zero-order valence-corrected chi connectivity index (χ0v) is 17.1. The predicted octanol–water partition coefficient (Wildman–Crippen LogP) is 3.31. The van der Waals surface area contributed by atoms with Gasteiger partial charge in [-0.15, -0.1) is 11.3 Å². The molecule has 1 aromatic carbocycles. The number of anilines is 1. The summed E-state index contributed by atoms with van der Waals surface area (Å²) in [7, 11) is 0. The van der Waals surface area contributed by atoms with Crippen molar-refractivity contribution in [2.45, 2.75) is 19.9 Å². The van der Waals surface area contributed by atoms with Crippen LogP contribution in [0.4, 0.5) is 5.69 Å². The van der Waals surface area contributed by atoms with E-state index < -0.39 is 0 Å². The van der Waals surface area contributed by atoms with Crippen LogP contribution in [0.3, 0.4) is 0 Å². The molecule has 0 radical (unpaired) electrons. The molecule has 4 rings (SSSR count). The first-order valence-corrected chi connectivity index (χ1v) is 10.7. The monoisotopic (exact) mass is 406 g/mol. The van der Waals surface area contributed by atoms with Gasteiger partial charge in [0.1, 0.15) is 11.6 Å². The van der Waals surface area contributed by atoms with Crippen molar-refractivity contribution in [2.75, 3.05) is 31.1 Å². The third-order valence-corrected chi connectivity index (χ3v) is 6.18. The summed E-state index contributed by atoms with van der Waals surface area (Å²) >= 11 is 1.45. The minimum absolute atomic E-state index is 0.0448. The lowest BCUT2D eigenvalue weighted by molar-refractivity contribution is 0.0751. The van der Waals surface area contributed by atoms with Crippen molar-refractivity contribution in [3.05, 3.63) is 62.6 Å². The molecule has 0 saturated carbocycles. The van der Waals surface area contributed by atoms with Gasteiger partial charge in [0, 0.05) is 38.1 Å². The van der Waals surface area contributed by atoms with E-state index in [2.05, 4.69) is 11.0 Å². The highest BCUT2D eigenvalue weighted by atomic mass is 32.1. The van der Waals surface area contributed by atoms with Crippen molar-refractivity contribution >= 4 is 33.8 Å². The highest BCUT2D eigenvalue weighted by Crippen LogP contribution is 2.30. The minimum Gasteiger partial charge on any atom is -0.366 e. The summed E-state index contributed by atoms with van der Waals surface area (Å²) in [6.45, 7) is 4.91. The van der Waals surface area contributed by atoms with E-state index in [1.165, 1.54) is 11.3 Å². The summed E-state index contributed by atoms with van der Waals surface area (Å²) in [5, 5.41) is 12.6. The summed E-state index contributed by atoms with van der Waals surface area (Å²) < 4.78 is 1.70. The number of hydrogen-bond acceptors (Lipinski definition) is 5. The van der Waals surface area contributed by atoms with Gasteiger partial charge in [-0.25, -0.2) is 0 Å². The molecule has 1 saturated heterocycles. The van der Waals surface area contributed by atoms with Crippen LogP contribution in [0.5, 0.6) is 0 Å². The number of pyridine rings is 1. The first kappa shape index (κ1) is 19.2. The van der Waals surface area contributed by atoms with Crippen LogP contribution in [0.15, 0.2) is 46.6 Å². The Bertz CT molecular complexity index is 1140. The smallest absolute Gasteiger partial charge is 0.271 e. The van der Waals surface area contributed by atoms with Crippen LogP contribution >= 0.6 is 11.3 Å². The van der Waals surface area contributed by atoms with Gasteiger partial charge in [-0.05, 0) is 23.9 Å². The zero-order valence-electron chi connectivity index (χ0n) is 16.3. The van der Waals surface area contributed by atoms with Gasteiger partial charge in [-0.3, -0.25) is 9.59 Å². The Hall–Kier alpha value is -3.11. The molecule has 148 valence electrons. The molecule has 0 spiro atoms. The van der Waals surface area contributed by atoms with Crippen LogP contribution in [0, 0.1) is 11.3 Å². The Labute approximate surface area is 173 Å². The number of thiophene rings is 1. The Balaban J connectivity index is 1.70. The second-order valence-electron chi connectivity index (χ2n) is 7.07. The van der Waals surface area contributed by atoms with Crippen LogP contribution in [-0.4, -0.2) is 41.6 Å². The lowest BCUT2D eigenvalue weighted by Crippen LogP contribution is -2.49. The Morgan fingerprint density at radius 2 is 1.90 bits per heavy atom. The number of aromatic nitrogens is 1. The third-order valence-electron chi connectivity index (χ3n) is 5.32. The van der Waals surface area contributed by atoms with Gasteiger partial charge in [0.2, 0.25) is 0 Å². The number of nitrogens with zero attached hydrogens (tertiary/aromatic N) is 4. The van der Waals surface area contributed by atoms with E-state index in [9.17, 15) is 14.9 Å². The number of amides is 1. The van der Waals surface area contributed by atoms with E-state index in [1.807, 2.05) is 53.6 Å². The average molecular weight is 407 g/mol. The molecule has 1 amide bonds. The van der Waals surface area contributed by atoms with Crippen LogP contribution in [0.2, 0.25) is 0 Å². The topological polar surface area (TPSA) is 69.3 Å². The fourth-order valence-electron chi connectivity index (χ4n) is 3.95. The van der Waals surface area contributed by atoms with Gasteiger partial charge in [0.25, 0.3) is 11.5 Å². The van der Waals surface area contributed by atoms with Crippen LogP contribution in [-0.2, 0) is 6.54 Å². The number of hydrogen-bond donors (Lipinski definition) is 0. The molecule has 3 heterocycles. The molecule has 0 bridgehead atoms. The molecule has 29 heavy (non-hydrogen) atoms. The SMILES string of the molecule is CCCn1c(=O)c(C#N)c(N2CCN(C(=O)c3cccs3)CC2)c2ccccc21. The van der Waals surface area contributed by atoms with Crippen molar-refractivity contribution in [3.63, 3.8) is 0 Å². The summed E-state index contributed by atoms with van der Waals surface area (Å²) in [6, 6.07) is 13.6. The van der Waals surface area contributed by atoms with Gasteiger partial charge >= 0.3 is 0 Å².